The van der Waals surface area contributed by atoms with Gasteiger partial charge in [-0.2, -0.15) is 0 Å². The summed E-state index contributed by atoms with van der Waals surface area (Å²) in [7, 11) is 0. The molecule has 0 aliphatic rings. The van der Waals surface area contributed by atoms with Crippen molar-refractivity contribution < 1.29 is 15.0 Å². The second-order valence-electron chi connectivity index (χ2n) is 6.37. The van der Waals surface area contributed by atoms with Crippen LogP contribution in [0.25, 0.3) is 10.9 Å². The number of phenols is 1. The number of nitrogens with zero attached hydrogens (tertiary/aromatic N) is 2. The van der Waals surface area contributed by atoms with Crippen LogP contribution in [-0.2, 0) is 0 Å². The van der Waals surface area contributed by atoms with E-state index in [2.05, 4.69) is 15.3 Å². The topological polar surface area (TPSA) is 102 Å². The number of para-hydroxylation sites is 1. The zero-order valence-corrected chi connectivity index (χ0v) is 15.8. The molecule has 0 saturated heterocycles. The van der Waals surface area contributed by atoms with Crippen LogP contribution in [0, 0.1) is 10.1 Å². The van der Waals surface area contributed by atoms with E-state index in [1.165, 1.54) is 6.07 Å². The Balaban J connectivity index is 1.96. The second kappa shape index (κ2) is 7.73. The molecule has 29 heavy (non-hydrogen) atoms. The molecular weight excluding hydrogens is 392 g/mol. The number of hydrogen-bond acceptors (Lipinski definition) is 5. The van der Waals surface area contributed by atoms with E-state index in [0.717, 1.165) is 0 Å². The zero-order valence-electron chi connectivity index (χ0n) is 15.0. The summed E-state index contributed by atoms with van der Waals surface area (Å²) in [4.78, 5) is 18.5. The summed E-state index contributed by atoms with van der Waals surface area (Å²) in [6.45, 7) is 0. The van der Waals surface area contributed by atoms with Gasteiger partial charge in [0.25, 0.3) is 11.5 Å². The summed E-state index contributed by atoms with van der Waals surface area (Å²) >= 11 is 6.45. The van der Waals surface area contributed by atoms with E-state index in [1.54, 1.807) is 54.9 Å². The van der Waals surface area contributed by atoms with E-state index in [1.807, 2.05) is 12.1 Å². The minimum Gasteiger partial charge on any atom is -0.505 e. The highest BCUT2D eigenvalue weighted by atomic mass is 35.5. The van der Waals surface area contributed by atoms with Crippen LogP contribution < -0.4 is 10.3 Å². The minimum absolute atomic E-state index is 0.0717. The van der Waals surface area contributed by atoms with Gasteiger partial charge in [-0.15, -0.1) is 0 Å². The highest BCUT2D eigenvalue weighted by Crippen LogP contribution is 2.41. The van der Waals surface area contributed by atoms with Crippen molar-refractivity contribution in [2.45, 2.75) is 6.04 Å². The standard InChI is InChI=1S/C21H15ClN4O3/c22-16-12-15(21(27)20-13(16)7-5-11-24-20)19(25-18-9-3-4-10-23-18)14-6-1-2-8-17(14)26(28)29/h1-12,19,27H,(H,23,25)/p+1/t19-/m1/s1. The monoisotopic (exact) mass is 407 g/mol. The Hall–Kier alpha value is -3.71. The van der Waals surface area contributed by atoms with Crippen molar-refractivity contribution >= 4 is 34.0 Å². The first-order valence-electron chi connectivity index (χ1n) is 8.79. The maximum atomic E-state index is 11.6. The molecule has 0 spiro atoms. The molecule has 144 valence electrons. The second-order valence-corrected chi connectivity index (χ2v) is 6.77. The van der Waals surface area contributed by atoms with Gasteiger partial charge in [-0.1, -0.05) is 29.8 Å². The Kier molecular flexibility index (Phi) is 4.97. The number of aromatic amines is 1. The van der Waals surface area contributed by atoms with E-state index in [0.29, 0.717) is 32.9 Å². The molecule has 4 aromatic rings. The molecule has 0 aliphatic heterocycles. The molecule has 0 unspecified atom stereocenters. The van der Waals surface area contributed by atoms with Gasteiger partial charge in [-0.3, -0.25) is 20.4 Å². The number of fused-ring (bicyclic) bond motifs is 1. The maximum absolute atomic E-state index is 11.6. The first kappa shape index (κ1) is 18.6. The number of aromatic hydroxyl groups is 1. The lowest BCUT2D eigenvalue weighted by Crippen LogP contribution is -2.20. The normalized spacial score (nSPS) is 11.9. The van der Waals surface area contributed by atoms with E-state index in [9.17, 15) is 15.2 Å². The van der Waals surface area contributed by atoms with Gasteiger partial charge in [0.2, 0.25) is 0 Å². The number of nitro groups is 1. The summed E-state index contributed by atoms with van der Waals surface area (Å²) in [6, 6.07) is 16.2. The lowest BCUT2D eigenvalue weighted by atomic mass is 9.95. The van der Waals surface area contributed by atoms with Gasteiger partial charge in [0.1, 0.15) is 11.3 Å². The molecular formula is C21H16ClN4O3+. The number of nitrogens with one attached hydrogen (secondary N) is 2. The third-order valence-corrected chi connectivity index (χ3v) is 4.92. The molecule has 4 rings (SSSR count). The number of anilines is 1. The number of H-pyrrole nitrogens is 1. The Labute approximate surface area is 170 Å². The van der Waals surface area contributed by atoms with Crippen LogP contribution in [0.15, 0.2) is 73.1 Å². The number of hydrogen-bond donors (Lipinski definition) is 2. The molecule has 8 heteroatoms. The SMILES string of the molecule is O=[N+]([O-])c1ccccc1[C@@H](Nc1cccc[nH+]1)c1cc(Cl)c2cccnc2c1O. The van der Waals surface area contributed by atoms with Crippen molar-refractivity contribution in [2.75, 3.05) is 5.32 Å². The summed E-state index contributed by atoms with van der Waals surface area (Å²) in [5.74, 6) is 0.531. The largest absolute Gasteiger partial charge is 0.505 e. The molecule has 0 fully saturated rings. The maximum Gasteiger partial charge on any atom is 0.277 e. The third-order valence-electron chi connectivity index (χ3n) is 4.61. The highest BCUT2D eigenvalue weighted by Gasteiger charge is 2.30. The zero-order chi connectivity index (χ0) is 20.4. The predicted octanol–water partition coefficient (Wildman–Crippen LogP) is 4.52. The lowest BCUT2D eigenvalue weighted by molar-refractivity contribution is -0.385. The van der Waals surface area contributed by atoms with Crippen molar-refractivity contribution in [3.05, 3.63) is 99.3 Å². The lowest BCUT2D eigenvalue weighted by Gasteiger charge is -2.18. The predicted molar refractivity (Wildman–Crippen MR) is 110 cm³/mol. The van der Waals surface area contributed by atoms with Gasteiger partial charge in [0, 0.05) is 29.3 Å². The fraction of sp³-hybridized carbons (Fsp3) is 0.0476. The summed E-state index contributed by atoms with van der Waals surface area (Å²) in [6.07, 6.45) is 3.29. The summed E-state index contributed by atoms with van der Waals surface area (Å²) in [5.41, 5.74) is 1.03. The fourth-order valence-electron chi connectivity index (χ4n) is 3.29. The Morgan fingerprint density at radius 2 is 1.90 bits per heavy atom. The number of phenolic OH excluding ortho intramolecular Hbond substituents is 1. The molecule has 7 nitrogen and oxygen atoms in total. The molecule has 0 radical (unpaired) electrons. The van der Waals surface area contributed by atoms with Gasteiger partial charge in [0.15, 0.2) is 6.04 Å². The van der Waals surface area contributed by atoms with Crippen LogP contribution in [0.3, 0.4) is 0 Å². The van der Waals surface area contributed by atoms with Gasteiger partial charge < -0.3 is 5.11 Å². The average Bonchev–Trinajstić information content (AvgIpc) is 2.75. The molecule has 0 saturated carbocycles. The van der Waals surface area contributed by atoms with E-state index >= 15 is 0 Å². The quantitative estimate of drug-likeness (QED) is 0.374. The first-order valence-corrected chi connectivity index (χ1v) is 9.16. The van der Waals surface area contributed by atoms with Gasteiger partial charge in [-0.25, -0.2) is 4.98 Å². The Morgan fingerprint density at radius 3 is 2.66 bits per heavy atom. The molecule has 2 aromatic heterocycles. The number of pyridine rings is 2. The number of aromatic nitrogens is 2. The van der Waals surface area contributed by atoms with Crippen LogP contribution >= 0.6 is 11.6 Å². The average molecular weight is 408 g/mol. The van der Waals surface area contributed by atoms with Gasteiger partial charge in [-0.05, 0) is 30.3 Å². The summed E-state index contributed by atoms with van der Waals surface area (Å²) < 4.78 is 0. The van der Waals surface area contributed by atoms with Gasteiger partial charge in [0.05, 0.1) is 21.7 Å². The van der Waals surface area contributed by atoms with Gasteiger partial charge >= 0.3 is 0 Å². The van der Waals surface area contributed by atoms with E-state index < -0.39 is 11.0 Å². The third kappa shape index (κ3) is 3.55. The van der Waals surface area contributed by atoms with Crippen LogP contribution in [0.4, 0.5) is 11.5 Å². The van der Waals surface area contributed by atoms with E-state index in [4.69, 9.17) is 11.6 Å². The number of benzene rings is 2. The van der Waals surface area contributed by atoms with Crippen LogP contribution in [-0.4, -0.2) is 15.0 Å². The number of halogens is 1. The van der Waals surface area contributed by atoms with Crippen molar-refractivity contribution in [1.82, 2.24) is 4.98 Å². The Bertz CT molecular complexity index is 1200. The van der Waals surface area contributed by atoms with Crippen molar-refractivity contribution in [1.29, 1.82) is 0 Å². The molecule has 0 bridgehead atoms. The van der Waals surface area contributed by atoms with E-state index in [-0.39, 0.29) is 11.4 Å². The Morgan fingerprint density at radius 1 is 1.10 bits per heavy atom. The first-order chi connectivity index (χ1) is 14.1. The van der Waals surface area contributed by atoms with Crippen LogP contribution in [0.1, 0.15) is 17.2 Å². The fourth-order valence-corrected chi connectivity index (χ4v) is 3.56. The van der Waals surface area contributed by atoms with Crippen molar-refractivity contribution in [3.63, 3.8) is 0 Å². The smallest absolute Gasteiger partial charge is 0.277 e. The minimum atomic E-state index is -0.751. The van der Waals surface area contributed by atoms with Crippen molar-refractivity contribution in [2.24, 2.45) is 0 Å². The van der Waals surface area contributed by atoms with Crippen LogP contribution in [0.5, 0.6) is 5.75 Å². The molecule has 2 aromatic carbocycles. The molecule has 0 amide bonds. The highest BCUT2D eigenvalue weighted by molar-refractivity contribution is 6.35. The molecule has 0 aliphatic carbocycles. The molecule has 3 N–H and O–H groups in total. The summed E-state index contributed by atoms with van der Waals surface area (Å²) in [5, 5.41) is 26.8. The number of rotatable bonds is 5. The van der Waals surface area contributed by atoms with Crippen molar-refractivity contribution in [3.8, 4) is 5.75 Å². The van der Waals surface area contributed by atoms with Crippen LogP contribution in [0.2, 0.25) is 5.02 Å². The number of nitro benzene ring substituents is 1. The molecule has 1 atom stereocenters. The molecule has 2 heterocycles.